The molecule has 0 unspecified atom stereocenters. The Labute approximate surface area is 123 Å². The Morgan fingerprint density at radius 3 is 2.60 bits per heavy atom. The van der Waals surface area contributed by atoms with Gasteiger partial charge in [0.05, 0.1) is 7.11 Å². The standard InChI is InChI=1S/C12H17ClN2O4S/c1-8(16)15-10(7-13)5-9-3-4-11(19-2)12(6-9)20(14,17)18/h3-4,6,10H,5,7H2,1-2H3,(H,15,16)(H2,14,17,18)/t10-/m0/s1. The van der Waals surface area contributed by atoms with Gasteiger partial charge in [0.1, 0.15) is 10.6 Å². The lowest BCUT2D eigenvalue weighted by Crippen LogP contribution is -2.36. The second kappa shape index (κ2) is 6.92. The summed E-state index contributed by atoms with van der Waals surface area (Å²) in [4.78, 5) is 10.9. The van der Waals surface area contributed by atoms with Gasteiger partial charge >= 0.3 is 0 Å². The van der Waals surface area contributed by atoms with E-state index >= 15 is 0 Å². The molecular weight excluding hydrogens is 304 g/mol. The van der Waals surface area contributed by atoms with Crippen molar-refractivity contribution in [3.8, 4) is 5.75 Å². The topological polar surface area (TPSA) is 98.5 Å². The van der Waals surface area contributed by atoms with E-state index in [1.807, 2.05) is 0 Å². The van der Waals surface area contributed by atoms with Crippen molar-refractivity contribution in [3.05, 3.63) is 23.8 Å². The summed E-state index contributed by atoms with van der Waals surface area (Å²) < 4.78 is 28.0. The maximum atomic E-state index is 11.5. The minimum Gasteiger partial charge on any atom is -0.495 e. The highest BCUT2D eigenvalue weighted by Crippen LogP contribution is 2.24. The summed E-state index contributed by atoms with van der Waals surface area (Å²) in [6, 6.07) is 4.37. The molecule has 6 nitrogen and oxygen atoms in total. The lowest BCUT2D eigenvalue weighted by atomic mass is 10.1. The second-order valence-electron chi connectivity index (χ2n) is 4.29. The van der Waals surface area contributed by atoms with Crippen molar-refractivity contribution in [1.29, 1.82) is 0 Å². The molecule has 112 valence electrons. The number of ether oxygens (including phenoxy) is 1. The number of amides is 1. The van der Waals surface area contributed by atoms with Crippen molar-refractivity contribution >= 4 is 27.5 Å². The van der Waals surface area contributed by atoms with E-state index in [1.54, 1.807) is 6.07 Å². The number of rotatable bonds is 6. The first-order valence-electron chi connectivity index (χ1n) is 5.80. The number of hydrogen-bond donors (Lipinski definition) is 2. The SMILES string of the molecule is COc1ccc(C[C@@H](CCl)NC(C)=O)cc1S(N)(=O)=O. The molecule has 0 spiro atoms. The first kappa shape index (κ1) is 16.7. The molecule has 1 rings (SSSR count). The Balaban J connectivity index is 3.06. The molecule has 1 amide bonds. The quantitative estimate of drug-likeness (QED) is 0.751. The van der Waals surface area contributed by atoms with Crippen LogP contribution in [-0.4, -0.2) is 33.4 Å². The maximum absolute atomic E-state index is 11.5. The summed E-state index contributed by atoms with van der Waals surface area (Å²) in [6.45, 7) is 1.39. The minimum atomic E-state index is -3.88. The van der Waals surface area contributed by atoms with Gasteiger partial charge in [0.15, 0.2) is 0 Å². The number of nitrogens with two attached hydrogens (primary N) is 1. The molecule has 0 heterocycles. The molecule has 8 heteroatoms. The fourth-order valence-corrected chi connectivity index (χ4v) is 2.72. The van der Waals surface area contributed by atoms with E-state index in [2.05, 4.69) is 5.32 Å². The summed E-state index contributed by atoms with van der Waals surface area (Å²) in [5.74, 6) is 0.199. The average molecular weight is 321 g/mol. The van der Waals surface area contributed by atoms with E-state index in [-0.39, 0.29) is 28.5 Å². The summed E-state index contributed by atoms with van der Waals surface area (Å²) in [6.07, 6.45) is 0.398. The monoisotopic (exact) mass is 320 g/mol. The highest BCUT2D eigenvalue weighted by Gasteiger charge is 2.17. The summed E-state index contributed by atoms with van der Waals surface area (Å²) in [5, 5.41) is 7.82. The van der Waals surface area contributed by atoms with Crippen LogP contribution in [0, 0.1) is 0 Å². The van der Waals surface area contributed by atoms with Gasteiger partial charge in [-0.3, -0.25) is 4.79 Å². The van der Waals surface area contributed by atoms with Crippen LogP contribution in [0.2, 0.25) is 0 Å². The third kappa shape index (κ3) is 4.66. The first-order chi connectivity index (χ1) is 9.27. The van der Waals surface area contributed by atoms with Crippen LogP contribution in [-0.2, 0) is 21.2 Å². The Morgan fingerprint density at radius 1 is 1.50 bits per heavy atom. The molecule has 0 bridgehead atoms. The lowest BCUT2D eigenvalue weighted by molar-refractivity contribution is -0.119. The largest absolute Gasteiger partial charge is 0.495 e. The van der Waals surface area contributed by atoms with Gasteiger partial charge in [-0.2, -0.15) is 0 Å². The van der Waals surface area contributed by atoms with Crippen LogP contribution in [0.3, 0.4) is 0 Å². The van der Waals surface area contributed by atoms with Gasteiger partial charge in [0, 0.05) is 18.8 Å². The second-order valence-corrected chi connectivity index (χ2v) is 6.12. The molecule has 0 aliphatic carbocycles. The molecule has 1 atom stereocenters. The molecule has 0 saturated heterocycles. The summed E-state index contributed by atoms with van der Waals surface area (Å²) in [7, 11) is -2.52. The number of carbonyl (C=O) groups is 1. The molecular formula is C12H17ClN2O4S. The molecule has 0 aliphatic heterocycles. The predicted octanol–water partition coefficient (Wildman–Crippen LogP) is 0.629. The molecule has 0 radical (unpaired) electrons. The fourth-order valence-electron chi connectivity index (χ4n) is 1.79. The zero-order chi connectivity index (χ0) is 15.3. The van der Waals surface area contributed by atoms with Crippen molar-refractivity contribution in [2.45, 2.75) is 24.3 Å². The molecule has 20 heavy (non-hydrogen) atoms. The Morgan fingerprint density at radius 2 is 2.15 bits per heavy atom. The first-order valence-corrected chi connectivity index (χ1v) is 7.88. The van der Waals surface area contributed by atoms with E-state index in [4.69, 9.17) is 21.5 Å². The predicted molar refractivity (Wildman–Crippen MR) is 76.4 cm³/mol. The van der Waals surface area contributed by atoms with Gasteiger partial charge in [-0.1, -0.05) is 6.07 Å². The normalized spacial score (nSPS) is 12.8. The van der Waals surface area contributed by atoms with Gasteiger partial charge in [-0.15, -0.1) is 11.6 Å². The van der Waals surface area contributed by atoms with E-state index < -0.39 is 10.0 Å². The number of hydrogen-bond acceptors (Lipinski definition) is 4. The maximum Gasteiger partial charge on any atom is 0.241 e. The molecule has 3 N–H and O–H groups in total. The van der Waals surface area contributed by atoms with Gasteiger partial charge in [-0.25, -0.2) is 13.6 Å². The Bertz CT molecular complexity index is 589. The van der Waals surface area contributed by atoms with E-state index in [9.17, 15) is 13.2 Å². The number of halogens is 1. The number of methoxy groups -OCH3 is 1. The van der Waals surface area contributed by atoms with Gasteiger partial charge in [-0.05, 0) is 24.1 Å². The smallest absolute Gasteiger partial charge is 0.241 e. The fraction of sp³-hybridized carbons (Fsp3) is 0.417. The van der Waals surface area contributed by atoms with Crippen molar-refractivity contribution in [2.24, 2.45) is 5.14 Å². The van der Waals surface area contributed by atoms with E-state index in [1.165, 1.54) is 26.2 Å². The zero-order valence-corrected chi connectivity index (χ0v) is 12.8. The molecule has 1 aromatic rings. The average Bonchev–Trinajstić information content (AvgIpc) is 2.36. The van der Waals surface area contributed by atoms with Crippen LogP contribution in [0.15, 0.2) is 23.1 Å². The third-order valence-corrected chi connectivity index (χ3v) is 3.91. The van der Waals surface area contributed by atoms with Crippen LogP contribution in [0.1, 0.15) is 12.5 Å². The van der Waals surface area contributed by atoms with Crippen LogP contribution in [0.5, 0.6) is 5.75 Å². The number of alkyl halides is 1. The number of nitrogens with one attached hydrogen (secondary N) is 1. The van der Waals surface area contributed by atoms with Gasteiger partial charge in [0.2, 0.25) is 15.9 Å². The van der Waals surface area contributed by atoms with Gasteiger partial charge in [0.25, 0.3) is 0 Å². The third-order valence-electron chi connectivity index (χ3n) is 2.61. The van der Waals surface area contributed by atoms with Crippen molar-refractivity contribution in [2.75, 3.05) is 13.0 Å². The van der Waals surface area contributed by atoms with Crippen molar-refractivity contribution in [3.63, 3.8) is 0 Å². The summed E-state index contributed by atoms with van der Waals surface area (Å²) >= 11 is 5.77. The Hall–Kier alpha value is -1.31. The number of carbonyl (C=O) groups excluding carboxylic acids is 1. The van der Waals surface area contributed by atoms with E-state index in [0.29, 0.717) is 12.0 Å². The van der Waals surface area contributed by atoms with Crippen LogP contribution >= 0.6 is 11.6 Å². The van der Waals surface area contributed by atoms with E-state index in [0.717, 1.165) is 0 Å². The molecule has 0 saturated carbocycles. The van der Waals surface area contributed by atoms with Gasteiger partial charge < -0.3 is 10.1 Å². The number of primary sulfonamides is 1. The summed E-state index contributed by atoms with van der Waals surface area (Å²) in [5.41, 5.74) is 0.689. The van der Waals surface area contributed by atoms with Crippen molar-refractivity contribution < 1.29 is 17.9 Å². The number of sulfonamides is 1. The van der Waals surface area contributed by atoms with Crippen LogP contribution in [0.25, 0.3) is 0 Å². The highest BCUT2D eigenvalue weighted by atomic mass is 35.5. The minimum absolute atomic E-state index is 0.0892. The number of benzene rings is 1. The van der Waals surface area contributed by atoms with Crippen LogP contribution < -0.4 is 15.2 Å². The Kier molecular flexibility index (Phi) is 5.79. The molecule has 0 aliphatic rings. The molecule has 0 aromatic heterocycles. The molecule has 1 aromatic carbocycles. The van der Waals surface area contributed by atoms with Crippen LogP contribution in [0.4, 0.5) is 0 Å². The van der Waals surface area contributed by atoms with Crippen molar-refractivity contribution in [1.82, 2.24) is 5.32 Å². The lowest BCUT2D eigenvalue weighted by Gasteiger charge is -2.16. The molecule has 0 fully saturated rings. The highest BCUT2D eigenvalue weighted by molar-refractivity contribution is 7.89. The zero-order valence-electron chi connectivity index (χ0n) is 11.2.